The highest BCUT2D eigenvalue weighted by Gasteiger charge is 2.31. The molecule has 4 aromatic carbocycles. The Hall–Kier alpha value is -9.29. The minimum atomic E-state index is -0.369. The van der Waals surface area contributed by atoms with Crippen LogP contribution in [-0.4, -0.2) is 171 Å². The molecule has 23 nitrogen and oxygen atoms in total. The molecule has 0 unspecified atom stereocenters. The number of aryl methyl sites for hydroxylation is 4. The van der Waals surface area contributed by atoms with E-state index in [0.717, 1.165) is 131 Å². The molecule has 2 aliphatic rings. The first-order valence-corrected chi connectivity index (χ1v) is 28.7. The van der Waals surface area contributed by atoms with E-state index in [0.29, 0.717) is 51.9 Å². The number of nitrogens with one attached hydrogen (secondary N) is 6. The monoisotopic (exact) mass is 1190 g/mol. The zero-order valence-electron chi connectivity index (χ0n) is 52.2. The molecule has 0 spiro atoms. The van der Waals surface area contributed by atoms with Crippen LogP contribution in [-0.2, 0) is 27.2 Å². The summed E-state index contributed by atoms with van der Waals surface area (Å²) in [5, 5.41) is 28.4. The number of rotatable bonds is 20. The fourth-order valence-corrected chi connectivity index (χ4v) is 10.7. The zero-order valence-corrected chi connectivity index (χ0v) is 52.2. The Morgan fingerprint density at radius 3 is 1.55 bits per heavy atom. The van der Waals surface area contributed by atoms with Gasteiger partial charge in [0.2, 0.25) is 11.6 Å². The summed E-state index contributed by atoms with van der Waals surface area (Å²) in [7, 11) is 18.5. The highest BCUT2D eigenvalue weighted by Crippen LogP contribution is 2.43. The second-order valence-corrected chi connectivity index (χ2v) is 21.6. The van der Waals surface area contributed by atoms with Crippen LogP contribution in [0.1, 0.15) is 59.4 Å². The van der Waals surface area contributed by atoms with Gasteiger partial charge in [0.15, 0.2) is 18.7 Å². The van der Waals surface area contributed by atoms with Gasteiger partial charge in [0, 0.05) is 147 Å². The molecule has 0 bridgehead atoms. The van der Waals surface area contributed by atoms with Crippen molar-refractivity contribution in [2.75, 3.05) is 113 Å². The number of nitrogens with zero attached hydrogens (tertiary/aromatic N) is 8. The average Bonchev–Trinajstić information content (AvgIpc) is 1.95. The number of likely N-dealkylation sites (N-methyl/N-ethyl adjacent to an activating group) is 2. The Morgan fingerprint density at radius 1 is 0.632 bits per heavy atom. The third kappa shape index (κ3) is 14.2. The van der Waals surface area contributed by atoms with Gasteiger partial charge in [-0.1, -0.05) is 0 Å². The molecule has 6 N–H and O–H groups in total. The molecule has 0 saturated heterocycles. The quantitative estimate of drug-likeness (QED) is 0.0242. The molecule has 460 valence electrons. The lowest BCUT2D eigenvalue weighted by molar-refractivity contribution is 0.0960. The van der Waals surface area contributed by atoms with Gasteiger partial charge >= 0.3 is 12.1 Å². The number of allylic oxidation sites excluding steroid dienone is 1. The summed E-state index contributed by atoms with van der Waals surface area (Å²) in [6, 6.07) is 21.3. The molecule has 0 fully saturated rings. The summed E-state index contributed by atoms with van der Waals surface area (Å²) in [6.45, 7) is 14.9. The third-order valence-electron chi connectivity index (χ3n) is 15.3. The van der Waals surface area contributed by atoms with E-state index >= 15 is 0 Å². The van der Waals surface area contributed by atoms with Gasteiger partial charge in [0.1, 0.15) is 23.0 Å². The van der Waals surface area contributed by atoms with Crippen molar-refractivity contribution in [3.63, 3.8) is 0 Å². The van der Waals surface area contributed by atoms with Crippen molar-refractivity contribution in [1.82, 2.24) is 59.8 Å². The molecule has 4 amide bonds. The van der Waals surface area contributed by atoms with Gasteiger partial charge in [-0.05, 0) is 135 Å². The number of benzene rings is 4. The number of ketones is 2. The number of ether oxygens (including phenoxy) is 4. The van der Waals surface area contributed by atoms with E-state index in [-0.39, 0.29) is 36.0 Å². The number of Topliss-reactive ketones (excluding diaryl/α,β-unsaturated/α-hetero) is 2. The third-order valence-corrected chi connectivity index (χ3v) is 15.3. The maximum atomic E-state index is 13.7. The minimum Gasteiger partial charge on any atom is -0.497 e. The SMILES string of the molecule is CNC(=O)Nc1ccc2c(c1)C(=O)/C(=C/c1c(-c3c(C)nn(C)c3C)n(CCNCCN(C)C)c3ccc(OC)cc13)O2.CNC(=O)Nc1ccc2c(c1)C(=O)CO2.COc1ccc2c(c1)c(C=O)c(-c1c(C)nn(C)c1C)n2CCNCCN(C)C. The second-order valence-electron chi connectivity index (χ2n) is 21.6. The van der Waals surface area contributed by atoms with Crippen LogP contribution in [0.15, 0.2) is 78.6 Å². The van der Waals surface area contributed by atoms with E-state index in [1.54, 1.807) is 50.6 Å². The predicted molar refractivity (Wildman–Crippen MR) is 340 cm³/mol. The first-order valence-electron chi connectivity index (χ1n) is 28.7. The molecular formula is C64H80N14O9. The Labute approximate surface area is 506 Å². The van der Waals surface area contributed by atoms with Gasteiger partial charge in [-0.2, -0.15) is 10.2 Å². The first-order chi connectivity index (χ1) is 41.7. The van der Waals surface area contributed by atoms with Gasteiger partial charge < -0.3 is 69.8 Å². The number of methoxy groups -OCH3 is 2. The van der Waals surface area contributed by atoms with Crippen molar-refractivity contribution in [2.24, 2.45) is 14.1 Å². The fraction of sp³-hybridized carbons (Fsp3) is 0.359. The highest BCUT2D eigenvalue weighted by molar-refractivity contribution is 6.16. The number of carbonyl (C=O) groups is 5. The van der Waals surface area contributed by atoms with Crippen LogP contribution in [0.2, 0.25) is 0 Å². The second kappa shape index (κ2) is 28.3. The molecule has 0 atom stereocenters. The van der Waals surface area contributed by atoms with Crippen LogP contribution < -0.4 is 50.8 Å². The lowest BCUT2D eigenvalue weighted by Crippen LogP contribution is -2.29. The molecule has 0 saturated carbocycles. The molecule has 8 aromatic rings. The van der Waals surface area contributed by atoms with Crippen LogP contribution in [0.25, 0.3) is 50.4 Å². The first kappa shape index (κ1) is 63.7. The van der Waals surface area contributed by atoms with Gasteiger partial charge in [0.25, 0.3) is 0 Å². The van der Waals surface area contributed by atoms with Crippen molar-refractivity contribution >= 4 is 69.2 Å². The van der Waals surface area contributed by atoms with E-state index in [9.17, 15) is 24.0 Å². The molecule has 2 aliphatic heterocycles. The number of amides is 4. The summed E-state index contributed by atoms with van der Waals surface area (Å²) in [5.41, 5.74) is 13.4. The van der Waals surface area contributed by atoms with Crippen LogP contribution in [0, 0.1) is 27.7 Å². The lowest BCUT2D eigenvalue weighted by Gasteiger charge is -2.15. The van der Waals surface area contributed by atoms with Crippen molar-refractivity contribution in [1.29, 1.82) is 0 Å². The number of hydrogen-bond acceptors (Lipinski definition) is 15. The summed E-state index contributed by atoms with van der Waals surface area (Å²) >= 11 is 0. The molecule has 10 rings (SSSR count). The Kier molecular flexibility index (Phi) is 20.7. The molecule has 23 heteroatoms. The van der Waals surface area contributed by atoms with E-state index in [4.69, 9.17) is 24.0 Å². The molecule has 6 heterocycles. The maximum Gasteiger partial charge on any atom is 0.318 e. The van der Waals surface area contributed by atoms with Gasteiger partial charge in [-0.25, -0.2) is 9.59 Å². The van der Waals surface area contributed by atoms with E-state index in [1.165, 1.54) is 14.1 Å². The molecular weight excluding hydrogens is 1110 g/mol. The largest absolute Gasteiger partial charge is 0.497 e. The number of fused-ring (bicyclic) bond motifs is 4. The lowest BCUT2D eigenvalue weighted by atomic mass is 10.0. The van der Waals surface area contributed by atoms with Crippen molar-refractivity contribution in [3.05, 3.63) is 124 Å². The summed E-state index contributed by atoms with van der Waals surface area (Å²) < 4.78 is 30.5. The van der Waals surface area contributed by atoms with Crippen molar-refractivity contribution in [2.45, 2.75) is 40.8 Å². The minimum absolute atomic E-state index is 0.0643. The molecule has 0 aliphatic carbocycles. The number of carbonyl (C=O) groups excluding carboxylic acids is 5. The number of anilines is 2. The number of hydrogen-bond donors (Lipinski definition) is 6. The van der Waals surface area contributed by atoms with Crippen molar-refractivity contribution < 1.29 is 42.9 Å². The van der Waals surface area contributed by atoms with Gasteiger partial charge in [-0.15, -0.1) is 0 Å². The van der Waals surface area contributed by atoms with E-state index < -0.39 is 0 Å². The summed E-state index contributed by atoms with van der Waals surface area (Å²) in [5.74, 6) is 2.36. The summed E-state index contributed by atoms with van der Waals surface area (Å²) in [6.07, 6.45) is 2.78. The Balaban J connectivity index is 0.000000191. The van der Waals surface area contributed by atoms with Gasteiger partial charge in [0.05, 0.1) is 48.1 Å². The summed E-state index contributed by atoms with van der Waals surface area (Å²) in [4.78, 5) is 64.4. The number of aldehydes is 1. The van der Waals surface area contributed by atoms with E-state index in [2.05, 4.69) is 97.1 Å². The Bertz CT molecular complexity index is 3900. The average molecular weight is 1190 g/mol. The maximum absolute atomic E-state index is 13.7. The van der Waals surface area contributed by atoms with Gasteiger partial charge in [-0.3, -0.25) is 23.7 Å². The van der Waals surface area contributed by atoms with Crippen LogP contribution in [0.4, 0.5) is 21.0 Å². The molecule has 0 radical (unpaired) electrons. The van der Waals surface area contributed by atoms with Crippen LogP contribution in [0.5, 0.6) is 23.0 Å². The van der Waals surface area contributed by atoms with Crippen LogP contribution in [0.3, 0.4) is 0 Å². The van der Waals surface area contributed by atoms with Crippen LogP contribution >= 0.6 is 0 Å². The molecule has 4 aromatic heterocycles. The van der Waals surface area contributed by atoms with E-state index in [1.807, 2.05) is 80.6 Å². The smallest absolute Gasteiger partial charge is 0.318 e. The normalized spacial score (nSPS) is 12.8. The number of urea groups is 2. The van der Waals surface area contributed by atoms with Crippen molar-refractivity contribution in [3.8, 4) is 45.5 Å². The highest BCUT2D eigenvalue weighted by atomic mass is 16.5. The standard InChI is InChI=1S/C32H39N7O4.C22H31N5O2.C10H10N2O3/c1-19-29(20(2)38(6)36-19)30-24(18-28-31(40)25-16-21(35-32(41)33-3)8-11-27(25)43-28)23-17-22(42-7)9-10-26(23)39(30)15-13-34-12-14-37(4)5;1-15-21(16(2)26(5)24-15)22-19(14-28)18-13-17(29-6)7-8-20(18)27(22)12-10-23-9-11-25(3)4;1-11-10(14)12-6-2-3-9-7(4-6)8(13)5-15-9/h8-11,16-18,34H,12-15H2,1-7H3,(H2,33,35,41);7-8,13-14,23H,9-12H2,1-6H3;2-4H,5H2,1H3,(H2,11,12,14)/b28-18-;;. The number of aromatic nitrogens is 6. The molecule has 87 heavy (non-hydrogen) atoms. The topological polar surface area (TPSA) is 246 Å². The fourth-order valence-electron chi connectivity index (χ4n) is 10.7. The Morgan fingerprint density at radius 2 is 1.10 bits per heavy atom. The predicted octanol–water partition coefficient (Wildman–Crippen LogP) is 7.83. The zero-order chi connectivity index (χ0) is 62.8.